The standard InChI is InChI=1S/C24H35NO3/c1-8-18(4)24(27)19(5)14-17(3)11-9-10-16(2)12-13-21-20(6)22(26)15-23(25-21)28-7/h8-9,11-12,14-15,19,24,27H,10,13H2,1-7H3,(H,25,26)/t19-,24+/m1/s1. The van der Waals surface area contributed by atoms with Crippen LogP contribution in [0.2, 0.25) is 0 Å². The lowest BCUT2D eigenvalue weighted by Crippen LogP contribution is -2.17. The van der Waals surface area contributed by atoms with E-state index in [0.29, 0.717) is 12.3 Å². The molecule has 0 saturated carbocycles. The van der Waals surface area contributed by atoms with Crippen molar-refractivity contribution < 1.29 is 9.84 Å². The van der Waals surface area contributed by atoms with Gasteiger partial charge in [0, 0.05) is 29.7 Å². The molecule has 0 fully saturated rings. The molecule has 2 atom stereocenters. The summed E-state index contributed by atoms with van der Waals surface area (Å²) >= 11 is 0. The van der Waals surface area contributed by atoms with Crippen molar-refractivity contribution in [2.24, 2.45) is 5.92 Å². The minimum absolute atomic E-state index is 0.0122. The van der Waals surface area contributed by atoms with Crippen molar-refractivity contribution >= 4 is 0 Å². The lowest BCUT2D eigenvalue weighted by atomic mass is 9.96. The summed E-state index contributed by atoms with van der Waals surface area (Å²) in [6.45, 7) is 11.9. The highest BCUT2D eigenvalue weighted by atomic mass is 16.5. The van der Waals surface area contributed by atoms with Crippen LogP contribution in [-0.4, -0.2) is 23.3 Å². The molecule has 1 aromatic rings. The summed E-state index contributed by atoms with van der Waals surface area (Å²) < 4.78 is 5.14. The molecule has 1 aromatic heterocycles. The Morgan fingerprint density at radius 2 is 2.00 bits per heavy atom. The largest absolute Gasteiger partial charge is 0.482 e. The summed E-state index contributed by atoms with van der Waals surface area (Å²) in [5.74, 6) is 0.562. The molecular weight excluding hydrogens is 350 g/mol. The fourth-order valence-electron chi connectivity index (χ4n) is 2.91. The molecule has 0 aliphatic rings. The van der Waals surface area contributed by atoms with E-state index in [2.05, 4.69) is 36.2 Å². The monoisotopic (exact) mass is 385 g/mol. The van der Waals surface area contributed by atoms with Gasteiger partial charge in [0.15, 0.2) is 11.3 Å². The molecule has 0 saturated heterocycles. The van der Waals surface area contributed by atoms with E-state index in [1.165, 1.54) is 11.6 Å². The van der Waals surface area contributed by atoms with Gasteiger partial charge in [0.1, 0.15) is 0 Å². The van der Waals surface area contributed by atoms with Gasteiger partial charge in [-0.25, -0.2) is 0 Å². The van der Waals surface area contributed by atoms with Gasteiger partial charge in [-0.05, 0) is 46.6 Å². The Morgan fingerprint density at radius 1 is 1.32 bits per heavy atom. The van der Waals surface area contributed by atoms with E-state index < -0.39 is 6.10 Å². The van der Waals surface area contributed by atoms with E-state index in [4.69, 9.17) is 4.74 Å². The van der Waals surface area contributed by atoms with Gasteiger partial charge in [-0.1, -0.05) is 48.5 Å². The minimum Gasteiger partial charge on any atom is -0.482 e. The number of allylic oxidation sites excluding steroid dienone is 6. The van der Waals surface area contributed by atoms with Crippen LogP contribution in [0.15, 0.2) is 58.0 Å². The van der Waals surface area contributed by atoms with Gasteiger partial charge in [0.25, 0.3) is 0 Å². The van der Waals surface area contributed by atoms with Crippen LogP contribution >= 0.6 is 0 Å². The molecule has 1 heterocycles. The maximum atomic E-state index is 11.9. The third-order valence-corrected chi connectivity index (χ3v) is 5.00. The normalized spacial score (nSPS) is 15.8. The average molecular weight is 386 g/mol. The van der Waals surface area contributed by atoms with Gasteiger partial charge in [-0.15, -0.1) is 0 Å². The van der Waals surface area contributed by atoms with E-state index >= 15 is 0 Å². The molecule has 0 amide bonds. The second-order valence-corrected chi connectivity index (χ2v) is 7.41. The number of aliphatic hydroxyl groups excluding tert-OH is 1. The maximum absolute atomic E-state index is 11.9. The number of hydrogen-bond acceptors (Lipinski definition) is 3. The van der Waals surface area contributed by atoms with Gasteiger partial charge < -0.3 is 14.8 Å². The average Bonchev–Trinajstić information content (AvgIpc) is 2.67. The number of aromatic amines is 1. The topological polar surface area (TPSA) is 62.3 Å². The van der Waals surface area contributed by atoms with Gasteiger partial charge in [0.05, 0.1) is 13.2 Å². The lowest BCUT2D eigenvalue weighted by molar-refractivity contribution is 0.173. The van der Waals surface area contributed by atoms with Crippen LogP contribution < -0.4 is 10.2 Å². The van der Waals surface area contributed by atoms with Crippen LogP contribution in [0.25, 0.3) is 0 Å². The summed E-state index contributed by atoms with van der Waals surface area (Å²) in [4.78, 5) is 15.1. The highest BCUT2D eigenvalue weighted by Gasteiger charge is 2.12. The van der Waals surface area contributed by atoms with Gasteiger partial charge in [0.2, 0.25) is 0 Å². The van der Waals surface area contributed by atoms with Crippen LogP contribution in [-0.2, 0) is 6.42 Å². The Morgan fingerprint density at radius 3 is 2.61 bits per heavy atom. The molecule has 0 radical (unpaired) electrons. The van der Waals surface area contributed by atoms with Crippen molar-refractivity contribution in [3.05, 3.63) is 74.6 Å². The minimum atomic E-state index is -0.441. The molecule has 0 unspecified atom stereocenters. The third kappa shape index (κ3) is 7.35. The van der Waals surface area contributed by atoms with Crippen LogP contribution in [0.4, 0.5) is 0 Å². The summed E-state index contributed by atoms with van der Waals surface area (Å²) in [6, 6.07) is 1.48. The fraction of sp³-hybridized carbons (Fsp3) is 0.458. The van der Waals surface area contributed by atoms with Crippen molar-refractivity contribution in [2.75, 3.05) is 7.11 Å². The van der Waals surface area contributed by atoms with Gasteiger partial charge in [-0.3, -0.25) is 4.79 Å². The first-order chi connectivity index (χ1) is 13.2. The van der Waals surface area contributed by atoms with Crippen molar-refractivity contribution in [3.63, 3.8) is 0 Å². The number of pyridine rings is 1. The van der Waals surface area contributed by atoms with Crippen molar-refractivity contribution in [3.8, 4) is 5.88 Å². The molecule has 4 nitrogen and oxygen atoms in total. The number of aromatic nitrogens is 1. The first kappa shape index (κ1) is 23.7. The molecule has 0 aliphatic heterocycles. The Kier molecular flexibility index (Phi) is 9.74. The smallest absolute Gasteiger partial charge is 0.194 e. The van der Waals surface area contributed by atoms with Gasteiger partial charge >= 0.3 is 0 Å². The zero-order chi connectivity index (χ0) is 21.3. The summed E-state index contributed by atoms with van der Waals surface area (Å²) in [6.07, 6.45) is 11.4. The van der Waals surface area contributed by atoms with E-state index in [0.717, 1.165) is 28.8 Å². The molecule has 0 aromatic carbocycles. The molecule has 4 heteroatoms. The lowest BCUT2D eigenvalue weighted by Gasteiger charge is -2.16. The second kappa shape index (κ2) is 11.5. The molecule has 0 bridgehead atoms. The molecular formula is C24H35NO3. The third-order valence-electron chi connectivity index (χ3n) is 5.00. The zero-order valence-corrected chi connectivity index (χ0v) is 18.3. The van der Waals surface area contributed by atoms with Crippen molar-refractivity contribution in [1.29, 1.82) is 0 Å². The number of H-pyrrole nitrogens is 1. The highest BCUT2D eigenvalue weighted by Crippen LogP contribution is 2.16. The van der Waals surface area contributed by atoms with E-state index in [-0.39, 0.29) is 11.3 Å². The van der Waals surface area contributed by atoms with E-state index in [1.54, 1.807) is 7.11 Å². The Balaban J connectivity index is 2.71. The predicted molar refractivity (Wildman–Crippen MR) is 118 cm³/mol. The molecule has 2 N–H and O–H groups in total. The van der Waals surface area contributed by atoms with Crippen LogP contribution in [0, 0.1) is 12.8 Å². The molecule has 0 spiro atoms. The number of ether oxygens (including phenoxy) is 1. The van der Waals surface area contributed by atoms with Crippen molar-refractivity contribution in [1.82, 2.24) is 4.98 Å². The van der Waals surface area contributed by atoms with Crippen LogP contribution in [0.3, 0.4) is 0 Å². The Labute approximate surface area is 169 Å². The number of methoxy groups -OCH3 is 1. The number of nitrogens with one attached hydrogen (secondary N) is 1. The first-order valence-electron chi connectivity index (χ1n) is 9.77. The van der Waals surface area contributed by atoms with Crippen LogP contribution in [0.1, 0.15) is 52.3 Å². The quantitative estimate of drug-likeness (QED) is 0.462. The summed E-state index contributed by atoms with van der Waals surface area (Å²) in [7, 11) is 1.55. The van der Waals surface area contributed by atoms with Crippen LogP contribution in [0.5, 0.6) is 5.88 Å². The van der Waals surface area contributed by atoms with Crippen molar-refractivity contribution in [2.45, 2.75) is 60.5 Å². The number of aliphatic hydroxyl groups is 1. The molecule has 154 valence electrons. The number of hydrogen-bond donors (Lipinski definition) is 2. The first-order valence-corrected chi connectivity index (χ1v) is 9.77. The second-order valence-electron chi connectivity index (χ2n) is 7.41. The van der Waals surface area contributed by atoms with Gasteiger partial charge in [-0.2, -0.15) is 0 Å². The Bertz CT molecular complexity index is 825. The van der Waals surface area contributed by atoms with E-state index in [1.807, 2.05) is 40.7 Å². The SMILES string of the molecule is CC=C(C)[C@H](O)[C@H](C)C=C(C)C=CCC(C)=CCc1[nH]c(OC)cc(=O)c1C. The highest BCUT2D eigenvalue weighted by molar-refractivity contribution is 5.27. The number of rotatable bonds is 9. The zero-order valence-electron chi connectivity index (χ0n) is 18.3. The summed E-state index contributed by atoms with van der Waals surface area (Å²) in [5.41, 5.74) is 4.95. The molecule has 28 heavy (non-hydrogen) atoms. The Hall–Kier alpha value is -2.33. The molecule has 1 rings (SSSR count). The predicted octanol–water partition coefficient (Wildman–Crippen LogP) is 5.04. The summed E-state index contributed by atoms with van der Waals surface area (Å²) in [5, 5.41) is 10.2. The fourth-order valence-corrected chi connectivity index (χ4v) is 2.91. The van der Waals surface area contributed by atoms with E-state index in [9.17, 15) is 9.90 Å². The molecule has 0 aliphatic carbocycles. The maximum Gasteiger partial charge on any atom is 0.194 e.